The number of aliphatic hydroxyl groups is 1. The number of para-hydroxylation sites is 1. The van der Waals surface area contributed by atoms with Crippen LogP contribution in [0.3, 0.4) is 0 Å². The molecule has 7 nitrogen and oxygen atoms in total. The molecule has 3 aromatic rings. The molecule has 30 heavy (non-hydrogen) atoms. The molecule has 1 aromatic carbocycles. The Morgan fingerprint density at radius 1 is 1.13 bits per heavy atom. The first kappa shape index (κ1) is 19.1. The number of benzene rings is 1. The van der Waals surface area contributed by atoms with Crippen LogP contribution < -0.4 is 4.90 Å². The van der Waals surface area contributed by atoms with E-state index >= 15 is 0 Å². The van der Waals surface area contributed by atoms with Gasteiger partial charge in [-0.2, -0.15) is 5.10 Å². The highest BCUT2D eigenvalue weighted by Gasteiger charge is 2.31. The number of rotatable bonds is 5. The van der Waals surface area contributed by atoms with Gasteiger partial charge in [0.2, 0.25) is 0 Å². The number of pyridine rings is 1. The van der Waals surface area contributed by atoms with Crippen molar-refractivity contribution in [2.45, 2.75) is 38.0 Å². The zero-order chi connectivity index (χ0) is 20.7. The third kappa shape index (κ3) is 3.23. The number of hydrogen-bond donors (Lipinski definition) is 2. The standard InChI is InChI=1S/C23H26N4O3/c28-14-15-6-5-11-26(13-15)19-12-18(23(29)30)24-22-20(19)21(16-7-4-8-16)25-27(22)17-9-2-1-3-10-17/h1-3,9-10,12,15-16,28H,4-8,11,13-14H2,(H,29,30)/t15-/m1/s1. The molecule has 156 valence electrons. The molecule has 2 N–H and O–H groups in total. The van der Waals surface area contributed by atoms with Gasteiger partial charge < -0.3 is 15.1 Å². The summed E-state index contributed by atoms with van der Waals surface area (Å²) in [6.45, 7) is 1.71. The molecule has 1 aliphatic heterocycles. The lowest BCUT2D eigenvalue weighted by Crippen LogP contribution is -2.37. The number of carboxylic acid groups (broad SMARTS) is 1. The van der Waals surface area contributed by atoms with Crippen LogP contribution in [0.25, 0.3) is 16.7 Å². The number of carboxylic acids is 1. The van der Waals surface area contributed by atoms with Gasteiger partial charge in [0.15, 0.2) is 11.3 Å². The Morgan fingerprint density at radius 3 is 2.60 bits per heavy atom. The molecule has 0 bridgehead atoms. The van der Waals surface area contributed by atoms with Crippen molar-refractivity contribution < 1.29 is 15.0 Å². The predicted octanol–water partition coefficient (Wildman–Crippen LogP) is 3.59. The summed E-state index contributed by atoms with van der Waals surface area (Å²) >= 11 is 0. The van der Waals surface area contributed by atoms with Crippen molar-refractivity contribution in [1.29, 1.82) is 0 Å². The summed E-state index contributed by atoms with van der Waals surface area (Å²) in [5, 5.41) is 25.4. The fourth-order valence-electron chi connectivity index (χ4n) is 4.63. The van der Waals surface area contributed by atoms with Crippen molar-refractivity contribution in [3.63, 3.8) is 0 Å². The lowest BCUT2D eigenvalue weighted by Gasteiger charge is -2.34. The number of carbonyl (C=O) groups is 1. The SMILES string of the molecule is O=C(O)c1cc(N2CCC[C@@H](CO)C2)c2c(C3CCC3)nn(-c3ccccc3)c2n1. The van der Waals surface area contributed by atoms with E-state index in [1.807, 2.05) is 30.3 Å². The van der Waals surface area contributed by atoms with Crippen LogP contribution in [0.2, 0.25) is 0 Å². The number of hydrogen-bond acceptors (Lipinski definition) is 5. The molecule has 0 radical (unpaired) electrons. The van der Waals surface area contributed by atoms with E-state index in [1.54, 1.807) is 10.7 Å². The largest absolute Gasteiger partial charge is 0.477 e. The monoisotopic (exact) mass is 406 g/mol. The van der Waals surface area contributed by atoms with E-state index in [1.165, 1.54) is 6.42 Å². The van der Waals surface area contributed by atoms with Gasteiger partial charge in [-0.1, -0.05) is 24.6 Å². The molecule has 3 heterocycles. The van der Waals surface area contributed by atoms with E-state index < -0.39 is 5.97 Å². The Kier molecular flexibility index (Phi) is 4.90. The number of nitrogens with zero attached hydrogens (tertiary/aromatic N) is 4. The van der Waals surface area contributed by atoms with E-state index in [0.29, 0.717) is 11.6 Å². The second-order valence-electron chi connectivity index (χ2n) is 8.43. The van der Waals surface area contributed by atoms with Crippen LogP contribution in [0, 0.1) is 5.92 Å². The van der Waals surface area contributed by atoms with Gasteiger partial charge in [-0.05, 0) is 49.8 Å². The van der Waals surface area contributed by atoms with Gasteiger partial charge in [0.1, 0.15) is 0 Å². The number of fused-ring (bicyclic) bond motifs is 1. The third-order valence-electron chi connectivity index (χ3n) is 6.47. The maximum absolute atomic E-state index is 11.9. The normalized spacial score (nSPS) is 19.8. The summed E-state index contributed by atoms with van der Waals surface area (Å²) in [6.07, 6.45) is 5.35. The minimum absolute atomic E-state index is 0.0286. The summed E-state index contributed by atoms with van der Waals surface area (Å²) in [6, 6.07) is 11.5. The van der Waals surface area contributed by atoms with Crippen LogP contribution in [-0.4, -0.2) is 50.6 Å². The maximum Gasteiger partial charge on any atom is 0.354 e. The van der Waals surface area contributed by atoms with Gasteiger partial charge in [-0.15, -0.1) is 0 Å². The average Bonchev–Trinajstić information content (AvgIpc) is 3.11. The first-order valence-corrected chi connectivity index (χ1v) is 10.7. The van der Waals surface area contributed by atoms with Crippen LogP contribution in [0.15, 0.2) is 36.4 Å². The maximum atomic E-state index is 11.9. The molecule has 7 heteroatoms. The van der Waals surface area contributed by atoms with Crippen molar-refractivity contribution in [2.24, 2.45) is 5.92 Å². The van der Waals surface area contributed by atoms with Gasteiger partial charge in [0.05, 0.1) is 22.5 Å². The first-order chi connectivity index (χ1) is 14.7. The van der Waals surface area contributed by atoms with Crippen LogP contribution in [0.5, 0.6) is 0 Å². The van der Waals surface area contributed by atoms with E-state index in [2.05, 4.69) is 9.88 Å². The zero-order valence-electron chi connectivity index (χ0n) is 16.9. The molecular formula is C23H26N4O3. The molecule has 2 aliphatic rings. The summed E-state index contributed by atoms with van der Waals surface area (Å²) in [5.41, 5.74) is 3.41. The van der Waals surface area contributed by atoms with Crippen molar-refractivity contribution in [2.75, 3.05) is 24.6 Å². The van der Waals surface area contributed by atoms with Gasteiger partial charge in [-0.25, -0.2) is 14.5 Å². The smallest absolute Gasteiger partial charge is 0.354 e. The summed E-state index contributed by atoms with van der Waals surface area (Å²) < 4.78 is 1.80. The fraction of sp³-hybridized carbons (Fsp3) is 0.435. The van der Waals surface area contributed by atoms with Crippen LogP contribution in [0.4, 0.5) is 5.69 Å². The predicted molar refractivity (Wildman–Crippen MR) is 114 cm³/mol. The van der Waals surface area contributed by atoms with E-state index in [9.17, 15) is 15.0 Å². The van der Waals surface area contributed by atoms with Crippen molar-refractivity contribution in [1.82, 2.24) is 14.8 Å². The zero-order valence-corrected chi connectivity index (χ0v) is 16.9. The van der Waals surface area contributed by atoms with Crippen molar-refractivity contribution >= 4 is 22.7 Å². The summed E-state index contributed by atoms with van der Waals surface area (Å²) in [7, 11) is 0. The molecule has 1 saturated heterocycles. The Hall–Kier alpha value is -2.93. The number of aromatic carboxylic acids is 1. The lowest BCUT2D eigenvalue weighted by molar-refractivity contribution is 0.0691. The molecule has 1 atom stereocenters. The molecular weight excluding hydrogens is 380 g/mol. The number of piperidine rings is 1. The minimum Gasteiger partial charge on any atom is -0.477 e. The number of aromatic nitrogens is 3. The number of anilines is 1. The Bertz CT molecular complexity index is 1070. The van der Waals surface area contributed by atoms with Crippen molar-refractivity contribution in [3.8, 4) is 5.69 Å². The van der Waals surface area contributed by atoms with Gasteiger partial charge in [0.25, 0.3) is 0 Å². The Labute approximate surface area is 175 Å². The first-order valence-electron chi connectivity index (χ1n) is 10.7. The van der Waals surface area contributed by atoms with E-state index in [0.717, 1.165) is 61.2 Å². The van der Waals surface area contributed by atoms with E-state index in [-0.39, 0.29) is 18.2 Å². The quantitative estimate of drug-likeness (QED) is 0.673. The van der Waals surface area contributed by atoms with Crippen LogP contribution in [-0.2, 0) is 0 Å². The highest BCUT2D eigenvalue weighted by molar-refractivity contribution is 5.98. The molecule has 1 aliphatic carbocycles. The lowest BCUT2D eigenvalue weighted by atomic mass is 9.82. The van der Waals surface area contributed by atoms with Gasteiger partial charge in [-0.3, -0.25) is 0 Å². The molecule has 0 amide bonds. The van der Waals surface area contributed by atoms with Gasteiger partial charge >= 0.3 is 5.97 Å². The number of aliphatic hydroxyl groups excluding tert-OH is 1. The Balaban J connectivity index is 1.75. The highest BCUT2D eigenvalue weighted by Crippen LogP contribution is 2.43. The minimum atomic E-state index is -1.04. The van der Waals surface area contributed by atoms with E-state index in [4.69, 9.17) is 5.10 Å². The highest BCUT2D eigenvalue weighted by atomic mass is 16.4. The van der Waals surface area contributed by atoms with Crippen molar-refractivity contribution in [3.05, 3.63) is 47.8 Å². The second-order valence-corrected chi connectivity index (χ2v) is 8.43. The Morgan fingerprint density at radius 2 is 1.93 bits per heavy atom. The molecule has 2 aromatic heterocycles. The molecule has 2 fully saturated rings. The molecule has 0 unspecified atom stereocenters. The van der Waals surface area contributed by atoms with Crippen LogP contribution in [0.1, 0.15) is 54.2 Å². The average molecular weight is 406 g/mol. The third-order valence-corrected chi connectivity index (χ3v) is 6.47. The molecule has 0 spiro atoms. The molecule has 5 rings (SSSR count). The topological polar surface area (TPSA) is 91.5 Å². The van der Waals surface area contributed by atoms with Crippen LogP contribution >= 0.6 is 0 Å². The second kappa shape index (κ2) is 7.72. The fourth-order valence-corrected chi connectivity index (χ4v) is 4.63. The molecule has 1 saturated carbocycles. The summed E-state index contributed by atoms with van der Waals surface area (Å²) in [5.74, 6) is -0.460. The summed E-state index contributed by atoms with van der Waals surface area (Å²) in [4.78, 5) is 18.7. The van der Waals surface area contributed by atoms with Gasteiger partial charge in [0, 0.05) is 25.6 Å².